The van der Waals surface area contributed by atoms with Crippen molar-refractivity contribution in [1.82, 2.24) is 9.97 Å². The molecule has 2 aromatic heterocycles. The van der Waals surface area contributed by atoms with E-state index in [1.807, 2.05) is 0 Å². The predicted molar refractivity (Wildman–Crippen MR) is 75.4 cm³/mol. The molecule has 0 aliphatic heterocycles. The third-order valence-electron chi connectivity index (χ3n) is 2.29. The molecule has 0 unspecified atom stereocenters. The van der Waals surface area contributed by atoms with Crippen molar-refractivity contribution in [3.05, 3.63) is 52.9 Å². The maximum absolute atomic E-state index is 12.1. The number of rotatable bonds is 2. The highest BCUT2D eigenvalue weighted by molar-refractivity contribution is 6.30. The van der Waals surface area contributed by atoms with Gasteiger partial charge in [-0.25, -0.2) is 9.97 Å². The van der Waals surface area contributed by atoms with Gasteiger partial charge in [0.05, 0.1) is 10.6 Å². The van der Waals surface area contributed by atoms with Crippen molar-refractivity contribution in [2.75, 3.05) is 11.9 Å². The summed E-state index contributed by atoms with van der Waals surface area (Å²) in [6.07, 6.45) is 2.93. The van der Waals surface area contributed by atoms with Crippen molar-refractivity contribution in [2.24, 2.45) is 0 Å². The van der Waals surface area contributed by atoms with Gasteiger partial charge in [-0.2, -0.15) is 0 Å². The van der Waals surface area contributed by atoms with E-state index in [0.717, 1.165) is 0 Å². The lowest BCUT2D eigenvalue weighted by molar-refractivity contribution is 0.102. The summed E-state index contributed by atoms with van der Waals surface area (Å²) in [6, 6.07) is 6.52. The van der Waals surface area contributed by atoms with Gasteiger partial charge in [-0.1, -0.05) is 23.4 Å². The van der Waals surface area contributed by atoms with Crippen LogP contribution in [0.2, 0.25) is 5.02 Å². The molecule has 2 N–H and O–H groups in total. The first kappa shape index (κ1) is 14.0. The number of nitrogens with zero attached hydrogens (tertiary/aromatic N) is 2. The van der Waals surface area contributed by atoms with Gasteiger partial charge in [-0.15, -0.1) is 0 Å². The van der Waals surface area contributed by atoms with Gasteiger partial charge in [-0.3, -0.25) is 4.79 Å². The van der Waals surface area contributed by atoms with Gasteiger partial charge in [0.25, 0.3) is 5.91 Å². The van der Waals surface area contributed by atoms with Gasteiger partial charge < -0.3 is 10.4 Å². The number of hydrogen-bond acceptors (Lipinski definition) is 4. The van der Waals surface area contributed by atoms with Crippen LogP contribution in [0.5, 0.6) is 0 Å². The minimum Gasteiger partial charge on any atom is -0.384 e. The van der Waals surface area contributed by atoms with Gasteiger partial charge in [0.2, 0.25) is 0 Å². The van der Waals surface area contributed by atoms with Crippen LogP contribution >= 0.6 is 11.6 Å². The van der Waals surface area contributed by atoms with Crippen molar-refractivity contribution in [2.45, 2.75) is 0 Å². The Balaban J connectivity index is 2.23. The summed E-state index contributed by atoms with van der Waals surface area (Å²) in [7, 11) is 0. The van der Waals surface area contributed by atoms with E-state index >= 15 is 0 Å². The van der Waals surface area contributed by atoms with Crippen molar-refractivity contribution in [1.29, 1.82) is 0 Å². The lowest BCUT2D eigenvalue weighted by Crippen LogP contribution is -2.16. The molecule has 1 amide bonds. The zero-order valence-corrected chi connectivity index (χ0v) is 11.1. The Morgan fingerprint density at radius 3 is 2.90 bits per heavy atom. The highest BCUT2D eigenvalue weighted by Crippen LogP contribution is 2.11. The molecule has 0 atom stereocenters. The Morgan fingerprint density at radius 1 is 1.35 bits per heavy atom. The first-order valence-corrected chi connectivity index (χ1v) is 6.06. The van der Waals surface area contributed by atoms with Gasteiger partial charge in [0, 0.05) is 12.4 Å². The van der Waals surface area contributed by atoms with Crippen LogP contribution in [-0.2, 0) is 0 Å². The maximum atomic E-state index is 12.1. The molecule has 2 rings (SSSR count). The third-order valence-corrected chi connectivity index (χ3v) is 2.52. The predicted octanol–water partition coefficient (Wildman–Crippen LogP) is 1.73. The maximum Gasteiger partial charge on any atom is 0.276 e. The monoisotopic (exact) mass is 287 g/mol. The minimum atomic E-state index is -0.428. The lowest BCUT2D eigenvalue weighted by atomic mass is 10.2. The smallest absolute Gasteiger partial charge is 0.276 e. The summed E-state index contributed by atoms with van der Waals surface area (Å²) >= 11 is 5.72. The number of aromatic nitrogens is 2. The second-order valence-electron chi connectivity index (χ2n) is 3.68. The number of carbonyl (C=O) groups excluding carboxylic acids is 1. The average Bonchev–Trinajstić information content (AvgIpc) is 2.47. The lowest BCUT2D eigenvalue weighted by Gasteiger charge is -2.05. The molecular weight excluding hydrogens is 278 g/mol. The largest absolute Gasteiger partial charge is 0.384 e. The number of aliphatic hydroxyl groups is 1. The number of amides is 1. The van der Waals surface area contributed by atoms with E-state index in [0.29, 0.717) is 16.4 Å². The van der Waals surface area contributed by atoms with E-state index in [1.165, 1.54) is 12.4 Å². The molecule has 20 heavy (non-hydrogen) atoms. The number of aliphatic hydroxyl groups excluding tert-OH is 1. The normalized spacial score (nSPS) is 9.50. The molecule has 100 valence electrons. The second-order valence-corrected chi connectivity index (χ2v) is 4.11. The Labute approximate surface area is 120 Å². The fourth-order valence-corrected chi connectivity index (χ4v) is 1.56. The molecule has 0 spiro atoms. The molecule has 2 heterocycles. The van der Waals surface area contributed by atoms with Crippen LogP contribution in [0.25, 0.3) is 0 Å². The van der Waals surface area contributed by atoms with Crippen LogP contribution in [0.15, 0.2) is 36.7 Å². The third kappa shape index (κ3) is 3.54. The molecule has 0 fully saturated rings. The minimum absolute atomic E-state index is 0.171. The number of hydrogen-bond donors (Lipinski definition) is 2. The van der Waals surface area contributed by atoms with E-state index in [4.69, 9.17) is 16.7 Å². The molecule has 0 aliphatic carbocycles. The van der Waals surface area contributed by atoms with Gasteiger partial charge in [0.15, 0.2) is 0 Å². The Morgan fingerprint density at radius 2 is 2.20 bits per heavy atom. The van der Waals surface area contributed by atoms with Crippen molar-refractivity contribution in [3.63, 3.8) is 0 Å². The van der Waals surface area contributed by atoms with Crippen LogP contribution in [0, 0.1) is 11.8 Å². The zero-order chi connectivity index (χ0) is 14.4. The molecule has 0 saturated heterocycles. The molecule has 0 radical (unpaired) electrons. The van der Waals surface area contributed by atoms with Crippen LogP contribution < -0.4 is 5.32 Å². The highest BCUT2D eigenvalue weighted by Gasteiger charge is 2.12. The van der Waals surface area contributed by atoms with Crippen LogP contribution in [0.3, 0.4) is 0 Å². The Kier molecular flexibility index (Phi) is 4.66. The molecule has 0 bridgehead atoms. The molecule has 0 aliphatic rings. The van der Waals surface area contributed by atoms with Crippen molar-refractivity contribution < 1.29 is 9.90 Å². The fourth-order valence-electron chi connectivity index (χ4n) is 1.45. The number of halogens is 1. The molecule has 0 aromatic carbocycles. The summed E-state index contributed by atoms with van der Waals surface area (Å²) < 4.78 is 0. The first-order valence-electron chi connectivity index (χ1n) is 5.68. The molecule has 2 aromatic rings. The van der Waals surface area contributed by atoms with Crippen molar-refractivity contribution in [3.8, 4) is 11.8 Å². The number of nitrogens with one attached hydrogen (secondary N) is 1. The SMILES string of the molecule is O=C(Nc1ccc(Cl)cn1)c1ncccc1C#CCO. The Bertz CT molecular complexity index is 675. The van der Waals surface area contributed by atoms with Crippen LogP contribution in [0.4, 0.5) is 5.82 Å². The van der Waals surface area contributed by atoms with Gasteiger partial charge >= 0.3 is 0 Å². The summed E-state index contributed by atoms with van der Waals surface area (Å²) in [5.41, 5.74) is 0.609. The molecular formula is C14H10ClN3O2. The molecule has 5 nitrogen and oxygen atoms in total. The fraction of sp³-hybridized carbons (Fsp3) is 0.0714. The molecule has 6 heteroatoms. The summed E-state index contributed by atoms with van der Waals surface area (Å²) in [5, 5.41) is 11.8. The standard InChI is InChI=1S/C14H10ClN3O2/c15-11-5-6-12(17-9-11)18-14(20)13-10(4-2-8-19)3-1-7-16-13/h1,3,5-7,9,19H,8H2,(H,17,18,20). The zero-order valence-electron chi connectivity index (χ0n) is 10.3. The number of anilines is 1. The Hall–Kier alpha value is -2.42. The second kappa shape index (κ2) is 6.66. The summed E-state index contributed by atoms with van der Waals surface area (Å²) in [6.45, 7) is -0.283. The van der Waals surface area contributed by atoms with Crippen LogP contribution in [-0.4, -0.2) is 27.6 Å². The van der Waals surface area contributed by atoms with Gasteiger partial charge in [-0.05, 0) is 24.3 Å². The topological polar surface area (TPSA) is 75.1 Å². The van der Waals surface area contributed by atoms with E-state index in [2.05, 4.69) is 27.1 Å². The van der Waals surface area contributed by atoms with E-state index in [-0.39, 0.29) is 12.3 Å². The van der Waals surface area contributed by atoms with E-state index < -0.39 is 5.91 Å². The first-order chi connectivity index (χ1) is 9.70. The quantitative estimate of drug-likeness (QED) is 0.825. The van der Waals surface area contributed by atoms with Crippen molar-refractivity contribution >= 4 is 23.3 Å². The van der Waals surface area contributed by atoms with Gasteiger partial charge in [0.1, 0.15) is 18.1 Å². The summed E-state index contributed by atoms with van der Waals surface area (Å²) in [5.74, 6) is 5.10. The highest BCUT2D eigenvalue weighted by atomic mass is 35.5. The van der Waals surface area contributed by atoms with Crippen LogP contribution in [0.1, 0.15) is 16.1 Å². The number of pyridine rings is 2. The summed E-state index contributed by atoms with van der Waals surface area (Å²) in [4.78, 5) is 20.1. The average molecular weight is 288 g/mol. The number of carbonyl (C=O) groups is 1. The van der Waals surface area contributed by atoms with E-state index in [1.54, 1.807) is 24.3 Å². The van der Waals surface area contributed by atoms with E-state index in [9.17, 15) is 4.79 Å². The molecule has 0 saturated carbocycles.